The second-order valence-electron chi connectivity index (χ2n) is 5.97. The monoisotopic (exact) mass is 360 g/mol. The standard InChI is InChI=1S/C18H17ClN2O2S/c1-10-3-5-12-13(9-20)18(24-16(12)7-10)21-17(22)11-4-6-15(23-2)14(19)8-11/h4,6,8,10H,3,5,7H2,1-2H3,(H,21,22). The molecular formula is C18H17ClN2O2S. The number of nitriles is 1. The minimum Gasteiger partial charge on any atom is -0.495 e. The zero-order chi connectivity index (χ0) is 17.3. The number of halogens is 1. The van der Waals surface area contributed by atoms with E-state index in [1.807, 2.05) is 0 Å². The van der Waals surface area contributed by atoms with E-state index in [4.69, 9.17) is 16.3 Å². The number of fused-ring (bicyclic) bond motifs is 1. The van der Waals surface area contributed by atoms with Crippen molar-refractivity contribution in [2.24, 2.45) is 5.92 Å². The summed E-state index contributed by atoms with van der Waals surface area (Å²) >= 11 is 7.59. The molecule has 124 valence electrons. The van der Waals surface area contributed by atoms with Crippen LogP contribution in [0.15, 0.2) is 18.2 Å². The molecule has 1 unspecified atom stereocenters. The second-order valence-corrected chi connectivity index (χ2v) is 7.48. The van der Waals surface area contributed by atoms with Crippen LogP contribution in [-0.2, 0) is 12.8 Å². The Morgan fingerprint density at radius 3 is 2.96 bits per heavy atom. The molecule has 0 saturated heterocycles. The van der Waals surface area contributed by atoms with Crippen LogP contribution in [0.2, 0.25) is 5.02 Å². The van der Waals surface area contributed by atoms with Gasteiger partial charge >= 0.3 is 0 Å². The van der Waals surface area contributed by atoms with Crippen LogP contribution in [0, 0.1) is 17.2 Å². The van der Waals surface area contributed by atoms with Crippen LogP contribution in [0.5, 0.6) is 5.75 Å². The van der Waals surface area contributed by atoms with E-state index in [0.29, 0.717) is 32.8 Å². The second kappa shape index (κ2) is 6.84. The summed E-state index contributed by atoms with van der Waals surface area (Å²) in [5, 5.41) is 13.4. The molecule has 2 aromatic rings. The van der Waals surface area contributed by atoms with Crippen molar-refractivity contribution in [3.05, 3.63) is 44.8 Å². The van der Waals surface area contributed by atoms with Crippen molar-refractivity contribution in [3.8, 4) is 11.8 Å². The summed E-state index contributed by atoms with van der Waals surface area (Å²) in [5.41, 5.74) is 2.14. The maximum atomic E-state index is 12.5. The van der Waals surface area contributed by atoms with Gasteiger partial charge in [-0.3, -0.25) is 4.79 Å². The number of rotatable bonds is 3. The molecule has 6 heteroatoms. The Kier molecular flexibility index (Phi) is 4.79. The molecule has 24 heavy (non-hydrogen) atoms. The highest BCUT2D eigenvalue weighted by atomic mass is 35.5. The van der Waals surface area contributed by atoms with Crippen LogP contribution in [-0.4, -0.2) is 13.0 Å². The molecule has 0 radical (unpaired) electrons. The predicted octanol–water partition coefficient (Wildman–Crippen LogP) is 4.66. The molecule has 0 aliphatic heterocycles. The summed E-state index contributed by atoms with van der Waals surface area (Å²) in [6.45, 7) is 2.21. The molecule has 1 aliphatic rings. The van der Waals surface area contributed by atoms with E-state index >= 15 is 0 Å². The van der Waals surface area contributed by atoms with Gasteiger partial charge in [0.15, 0.2) is 0 Å². The van der Waals surface area contributed by atoms with Crippen LogP contribution in [0.4, 0.5) is 5.00 Å². The van der Waals surface area contributed by atoms with Crippen LogP contribution in [0.1, 0.15) is 39.7 Å². The maximum absolute atomic E-state index is 12.5. The fourth-order valence-electron chi connectivity index (χ4n) is 2.94. The molecule has 1 amide bonds. The number of amides is 1. The number of hydrogen-bond donors (Lipinski definition) is 1. The van der Waals surface area contributed by atoms with E-state index in [9.17, 15) is 10.1 Å². The minimum atomic E-state index is -0.275. The minimum absolute atomic E-state index is 0.275. The number of hydrogen-bond acceptors (Lipinski definition) is 4. The van der Waals surface area contributed by atoms with Crippen molar-refractivity contribution in [1.29, 1.82) is 5.26 Å². The molecule has 1 heterocycles. The Balaban J connectivity index is 1.87. The van der Waals surface area contributed by atoms with Crippen molar-refractivity contribution in [2.75, 3.05) is 12.4 Å². The third-order valence-corrected chi connectivity index (χ3v) is 5.73. The van der Waals surface area contributed by atoms with E-state index in [-0.39, 0.29) is 5.91 Å². The molecule has 3 rings (SSSR count). The van der Waals surface area contributed by atoms with Gasteiger partial charge in [0.25, 0.3) is 5.91 Å². The van der Waals surface area contributed by atoms with Crippen LogP contribution in [0.25, 0.3) is 0 Å². The van der Waals surface area contributed by atoms with Crippen molar-refractivity contribution < 1.29 is 9.53 Å². The van der Waals surface area contributed by atoms with Crippen molar-refractivity contribution in [3.63, 3.8) is 0 Å². The number of anilines is 1. The third kappa shape index (κ3) is 3.12. The molecule has 0 spiro atoms. The average Bonchev–Trinajstić information content (AvgIpc) is 2.90. The van der Waals surface area contributed by atoms with Gasteiger partial charge in [-0.1, -0.05) is 18.5 Å². The highest BCUT2D eigenvalue weighted by Crippen LogP contribution is 2.39. The average molecular weight is 361 g/mol. The maximum Gasteiger partial charge on any atom is 0.256 e. The van der Waals surface area contributed by atoms with Gasteiger partial charge < -0.3 is 10.1 Å². The van der Waals surface area contributed by atoms with E-state index in [2.05, 4.69) is 18.3 Å². The number of methoxy groups -OCH3 is 1. The Labute approximate surface area is 150 Å². The van der Waals surface area contributed by atoms with E-state index in [1.54, 1.807) is 18.2 Å². The van der Waals surface area contributed by atoms with Crippen molar-refractivity contribution in [1.82, 2.24) is 0 Å². The lowest BCUT2D eigenvalue weighted by molar-refractivity contribution is 0.102. The number of carbonyl (C=O) groups is 1. The summed E-state index contributed by atoms with van der Waals surface area (Å²) in [6, 6.07) is 7.13. The zero-order valence-corrected chi connectivity index (χ0v) is 15.1. The number of nitrogens with one attached hydrogen (secondary N) is 1. The van der Waals surface area contributed by atoms with Gasteiger partial charge in [0.1, 0.15) is 16.8 Å². The van der Waals surface area contributed by atoms with Crippen molar-refractivity contribution >= 4 is 33.8 Å². The zero-order valence-electron chi connectivity index (χ0n) is 13.5. The van der Waals surface area contributed by atoms with Crippen LogP contribution < -0.4 is 10.1 Å². The molecule has 0 fully saturated rings. The molecule has 1 aromatic heterocycles. The normalized spacial score (nSPS) is 16.2. The molecular weight excluding hydrogens is 344 g/mol. The molecule has 1 atom stereocenters. The summed E-state index contributed by atoms with van der Waals surface area (Å²) in [4.78, 5) is 13.7. The lowest BCUT2D eigenvalue weighted by atomic mass is 9.88. The fraction of sp³-hybridized carbons (Fsp3) is 0.333. The van der Waals surface area contributed by atoms with Gasteiger partial charge in [-0.2, -0.15) is 5.26 Å². The van der Waals surface area contributed by atoms with Gasteiger partial charge in [0, 0.05) is 10.4 Å². The first-order chi connectivity index (χ1) is 11.5. The Hall–Kier alpha value is -2.03. The first-order valence-electron chi connectivity index (χ1n) is 7.73. The number of benzene rings is 1. The molecule has 1 N–H and O–H groups in total. The van der Waals surface area contributed by atoms with Gasteiger partial charge in [-0.25, -0.2) is 0 Å². The van der Waals surface area contributed by atoms with Crippen LogP contribution in [0.3, 0.4) is 0 Å². The first-order valence-corrected chi connectivity index (χ1v) is 8.92. The Bertz CT molecular complexity index is 838. The van der Waals surface area contributed by atoms with Gasteiger partial charge in [-0.05, 0) is 48.9 Å². The quantitative estimate of drug-likeness (QED) is 0.865. The largest absolute Gasteiger partial charge is 0.495 e. The summed E-state index contributed by atoms with van der Waals surface area (Å²) < 4.78 is 5.09. The highest BCUT2D eigenvalue weighted by Gasteiger charge is 2.25. The molecule has 0 bridgehead atoms. The van der Waals surface area contributed by atoms with E-state index < -0.39 is 0 Å². The predicted molar refractivity (Wildman–Crippen MR) is 96.2 cm³/mol. The lowest BCUT2D eigenvalue weighted by Crippen LogP contribution is -2.12. The summed E-state index contributed by atoms with van der Waals surface area (Å²) in [5.74, 6) is 0.862. The molecule has 0 saturated carbocycles. The third-order valence-electron chi connectivity index (χ3n) is 4.26. The van der Waals surface area contributed by atoms with Gasteiger partial charge in [-0.15, -0.1) is 11.3 Å². The number of ether oxygens (including phenoxy) is 1. The molecule has 4 nitrogen and oxygen atoms in total. The Morgan fingerprint density at radius 1 is 1.50 bits per heavy atom. The highest BCUT2D eigenvalue weighted by molar-refractivity contribution is 7.16. The number of nitrogens with zero attached hydrogens (tertiary/aromatic N) is 1. The van der Waals surface area contributed by atoms with Gasteiger partial charge in [0.2, 0.25) is 0 Å². The Morgan fingerprint density at radius 2 is 2.29 bits per heavy atom. The number of thiophene rings is 1. The fourth-order valence-corrected chi connectivity index (χ4v) is 4.55. The summed E-state index contributed by atoms with van der Waals surface area (Å²) in [7, 11) is 1.53. The first kappa shape index (κ1) is 16.8. The molecule has 1 aliphatic carbocycles. The van der Waals surface area contributed by atoms with Crippen LogP contribution >= 0.6 is 22.9 Å². The van der Waals surface area contributed by atoms with Crippen molar-refractivity contribution in [2.45, 2.75) is 26.2 Å². The smallest absolute Gasteiger partial charge is 0.256 e. The lowest BCUT2D eigenvalue weighted by Gasteiger charge is -2.17. The summed E-state index contributed by atoms with van der Waals surface area (Å²) in [6.07, 6.45) is 2.96. The topological polar surface area (TPSA) is 62.1 Å². The SMILES string of the molecule is COc1ccc(C(=O)Nc2sc3c(c2C#N)CCC(C)C3)cc1Cl. The number of carbonyl (C=O) groups excluding carboxylic acids is 1. The van der Waals surface area contributed by atoms with Gasteiger partial charge in [0.05, 0.1) is 17.7 Å². The molecule has 1 aromatic carbocycles. The van der Waals surface area contributed by atoms with E-state index in [1.165, 1.54) is 23.3 Å². The van der Waals surface area contributed by atoms with E-state index in [0.717, 1.165) is 24.8 Å².